The molecular weight excluding hydrogens is 779 g/mol. The van der Waals surface area contributed by atoms with Crippen LogP contribution in [-0.2, 0) is 5.41 Å². The molecule has 0 fully saturated rings. The van der Waals surface area contributed by atoms with Gasteiger partial charge in [0.05, 0.1) is 16.5 Å². The van der Waals surface area contributed by atoms with Gasteiger partial charge in [0.1, 0.15) is 22.3 Å². The fraction of sp³-hybridized carbons (Fsp3) is 0.0164. The third-order valence-corrected chi connectivity index (χ3v) is 13.4. The normalized spacial score (nSPS) is 12.8. The number of fused-ring (bicyclic) bond motifs is 9. The van der Waals surface area contributed by atoms with E-state index in [0.717, 1.165) is 72.1 Å². The largest absolute Gasteiger partial charge is 0.456 e. The van der Waals surface area contributed by atoms with E-state index in [0.29, 0.717) is 0 Å². The molecule has 0 saturated heterocycles. The number of hydrogen-bond acceptors (Lipinski definition) is 3. The van der Waals surface area contributed by atoms with Crippen molar-refractivity contribution < 1.29 is 8.83 Å². The van der Waals surface area contributed by atoms with Crippen LogP contribution in [0.2, 0.25) is 0 Å². The molecule has 3 heteroatoms. The van der Waals surface area contributed by atoms with Crippen molar-refractivity contribution in [3.8, 4) is 33.4 Å². The van der Waals surface area contributed by atoms with Crippen molar-refractivity contribution in [1.82, 2.24) is 0 Å². The van der Waals surface area contributed by atoms with Crippen LogP contribution < -0.4 is 4.90 Å². The van der Waals surface area contributed by atoms with Crippen LogP contribution in [0.25, 0.3) is 77.3 Å². The third-order valence-electron chi connectivity index (χ3n) is 13.4. The van der Waals surface area contributed by atoms with E-state index in [2.05, 4.69) is 229 Å². The van der Waals surface area contributed by atoms with Gasteiger partial charge in [-0.3, -0.25) is 0 Å². The fourth-order valence-electron chi connectivity index (χ4n) is 10.5. The number of furan rings is 2. The summed E-state index contributed by atoms with van der Waals surface area (Å²) in [7, 11) is 0. The van der Waals surface area contributed by atoms with Gasteiger partial charge in [0, 0.05) is 33.6 Å². The molecule has 0 N–H and O–H groups in total. The molecular formula is C61H39NO2. The van der Waals surface area contributed by atoms with Crippen molar-refractivity contribution in [2.24, 2.45) is 0 Å². The molecule has 2 aromatic heterocycles. The van der Waals surface area contributed by atoms with E-state index in [-0.39, 0.29) is 0 Å². The minimum atomic E-state index is -0.605. The lowest BCUT2D eigenvalue weighted by Crippen LogP contribution is -2.29. The Balaban J connectivity index is 1.07. The van der Waals surface area contributed by atoms with Crippen molar-refractivity contribution in [3.63, 3.8) is 0 Å². The number of hydrogen-bond donors (Lipinski definition) is 0. The number of anilines is 3. The molecule has 0 saturated carbocycles. The maximum Gasteiger partial charge on any atom is 0.137 e. The Hall–Kier alpha value is -8.40. The molecule has 2 heterocycles. The van der Waals surface area contributed by atoms with Crippen molar-refractivity contribution >= 4 is 60.9 Å². The quantitative estimate of drug-likeness (QED) is 0.160. The predicted octanol–water partition coefficient (Wildman–Crippen LogP) is 16.7. The van der Waals surface area contributed by atoms with Crippen LogP contribution in [0.5, 0.6) is 0 Å². The van der Waals surface area contributed by atoms with Crippen LogP contribution in [0.4, 0.5) is 17.1 Å². The van der Waals surface area contributed by atoms with Crippen LogP contribution in [-0.4, -0.2) is 0 Å². The Morgan fingerprint density at radius 3 is 1.64 bits per heavy atom. The van der Waals surface area contributed by atoms with Gasteiger partial charge in [0.15, 0.2) is 0 Å². The maximum absolute atomic E-state index is 6.67. The summed E-state index contributed by atoms with van der Waals surface area (Å²) in [6.07, 6.45) is 0. The molecule has 13 rings (SSSR count). The van der Waals surface area contributed by atoms with Crippen LogP contribution in [0.15, 0.2) is 245 Å². The average molecular weight is 818 g/mol. The van der Waals surface area contributed by atoms with Gasteiger partial charge in [-0.25, -0.2) is 0 Å². The van der Waals surface area contributed by atoms with Crippen molar-refractivity contribution in [2.75, 3.05) is 4.90 Å². The van der Waals surface area contributed by atoms with E-state index in [4.69, 9.17) is 8.83 Å². The highest BCUT2D eigenvalue weighted by molar-refractivity contribution is 6.15. The van der Waals surface area contributed by atoms with Crippen LogP contribution in [0.1, 0.15) is 22.3 Å². The summed E-state index contributed by atoms with van der Waals surface area (Å²) >= 11 is 0. The Labute approximate surface area is 370 Å². The molecule has 0 unspecified atom stereocenters. The number of nitrogens with zero attached hydrogens (tertiary/aromatic N) is 1. The molecule has 0 atom stereocenters. The Kier molecular flexibility index (Phi) is 8.13. The van der Waals surface area contributed by atoms with E-state index >= 15 is 0 Å². The highest BCUT2D eigenvalue weighted by atomic mass is 16.3. The highest BCUT2D eigenvalue weighted by Gasteiger charge is 2.46. The summed E-state index contributed by atoms with van der Waals surface area (Å²) in [5.74, 6) is 0. The van der Waals surface area contributed by atoms with Crippen LogP contribution >= 0.6 is 0 Å². The standard InChI is InChI=1S/C61H39NO2/c1-3-15-40(16-4-1)42-29-32-44(33-30-42)61(53-24-10-7-21-48(53)49-22-8-11-25-54(49)61)45-19-13-20-46(38-45)62(47-34-35-51-50-23-9-12-27-56(50)64-59(51)39-47)55-26-14-28-58-60(55)52-37-43(31-36-57(52)63-58)41-17-5-2-6-18-41/h1-39H. The van der Waals surface area contributed by atoms with Crippen LogP contribution in [0.3, 0.4) is 0 Å². The lowest BCUT2D eigenvalue weighted by atomic mass is 9.67. The number of para-hydroxylation sites is 1. The predicted molar refractivity (Wildman–Crippen MR) is 264 cm³/mol. The van der Waals surface area contributed by atoms with Crippen molar-refractivity contribution in [1.29, 1.82) is 0 Å². The zero-order chi connectivity index (χ0) is 42.2. The maximum atomic E-state index is 6.67. The lowest BCUT2D eigenvalue weighted by Gasteiger charge is -2.35. The van der Waals surface area contributed by atoms with Gasteiger partial charge in [0.25, 0.3) is 0 Å². The first-order chi connectivity index (χ1) is 31.7. The Morgan fingerprint density at radius 2 is 0.875 bits per heavy atom. The first kappa shape index (κ1) is 36.3. The zero-order valence-corrected chi connectivity index (χ0v) is 34.8. The monoisotopic (exact) mass is 817 g/mol. The second-order valence-corrected chi connectivity index (χ2v) is 16.8. The second kappa shape index (κ2) is 14.3. The van der Waals surface area contributed by atoms with Gasteiger partial charge in [-0.2, -0.15) is 0 Å². The summed E-state index contributed by atoms with van der Waals surface area (Å²) in [6, 6.07) is 85.4. The van der Waals surface area contributed by atoms with E-state index < -0.39 is 5.41 Å². The number of benzene rings is 10. The molecule has 0 bridgehead atoms. The smallest absolute Gasteiger partial charge is 0.137 e. The summed E-state index contributed by atoms with van der Waals surface area (Å²) in [4.78, 5) is 2.39. The number of rotatable bonds is 7. The fourth-order valence-corrected chi connectivity index (χ4v) is 10.5. The van der Waals surface area contributed by atoms with Gasteiger partial charge in [0.2, 0.25) is 0 Å². The topological polar surface area (TPSA) is 29.5 Å². The van der Waals surface area contributed by atoms with E-state index in [9.17, 15) is 0 Å². The summed E-state index contributed by atoms with van der Waals surface area (Å²) in [5.41, 5.74) is 18.0. The Bertz CT molecular complexity index is 3680. The summed E-state index contributed by atoms with van der Waals surface area (Å²) in [5, 5.41) is 4.30. The summed E-state index contributed by atoms with van der Waals surface area (Å²) in [6.45, 7) is 0. The molecule has 64 heavy (non-hydrogen) atoms. The molecule has 0 aliphatic heterocycles. The molecule has 0 radical (unpaired) electrons. The first-order valence-corrected chi connectivity index (χ1v) is 21.9. The first-order valence-electron chi connectivity index (χ1n) is 21.9. The van der Waals surface area contributed by atoms with Gasteiger partial charge >= 0.3 is 0 Å². The average Bonchev–Trinajstić information content (AvgIpc) is 4.03. The molecule has 12 aromatic rings. The van der Waals surface area contributed by atoms with E-state index in [1.807, 2.05) is 12.1 Å². The minimum absolute atomic E-state index is 0.605. The Morgan fingerprint density at radius 1 is 0.312 bits per heavy atom. The van der Waals surface area contributed by atoms with E-state index in [1.165, 1.54) is 44.5 Å². The van der Waals surface area contributed by atoms with E-state index in [1.54, 1.807) is 0 Å². The van der Waals surface area contributed by atoms with Crippen LogP contribution in [0, 0.1) is 0 Å². The molecule has 0 amide bonds. The summed E-state index contributed by atoms with van der Waals surface area (Å²) < 4.78 is 13.2. The van der Waals surface area contributed by atoms with Crippen molar-refractivity contribution in [3.05, 3.63) is 259 Å². The zero-order valence-electron chi connectivity index (χ0n) is 34.8. The molecule has 0 spiro atoms. The SMILES string of the molecule is c1ccc(-c2ccc(C3(c4cccc(N(c5ccc6c(c5)oc5ccccc56)c5cccc6oc7ccc(-c8ccccc8)cc7c56)c4)c4ccccc4-c4ccccc43)cc2)cc1. The molecule has 300 valence electrons. The van der Waals surface area contributed by atoms with Gasteiger partial charge < -0.3 is 13.7 Å². The van der Waals surface area contributed by atoms with Gasteiger partial charge in [-0.05, 0) is 110 Å². The molecule has 1 aliphatic rings. The highest BCUT2D eigenvalue weighted by Crippen LogP contribution is 2.57. The van der Waals surface area contributed by atoms with Crippen molar-refractivity contribution in [2.45, 2.75) is 5.41 Å². The molecule has 3 nitrogen and oxygen atoms in total. The minimum Gasteiger partial charge on any atom is -0.456 e. The lowest BCUT2D eigenvalue weighted by molar-refractivity contribution is 0.669. The van der Waals surface area contributed by atoms with Gasteiger partial charge in [-0.1, -0.05) is 176 Å². The third kappa shape index (κ3) is 5.47. The van der Waals surface area contributed by atoms with Gasteiger partial charge in [-0.15, -0.1) is 0 Å². The second-order valence-electron chi connectivity index (χ2n) is 16.8. The molecule has 10 aromatic carbocycles. The molecule has 1 aliphatic carbocycles.